The zero-order valence-electron chi connectivity index (χ0n) is 15.5. The van der Waals surface area contributed by atoms with E-state index in [2.05, 4.69) is 22.1 Å². The van der Waals surface area contributed by atoms with E-state index in [1.807, 2.05) is 18.2 Å². The van der Waals surface area contributed by atoms with Crippen LogP contribution in [0.4, 0.5) is 0 Å². The number of rotatable bonds is 6. The Morgan fingerprint density at radius 1 is 1.22 bits per heavy atom. The van der Waals surface area contributed by atoms with Crippen molar-refractivity contribution in [2.75, 3.05) is 6.61 Å². The van der Waals surface area contributed by atoms with Crippen LogP contribution in [0, 0.1) is 17.8 Å². The Bertz CT molecular complexity index is 818. The molecule has 4 rings (SSSR count). The van der Waals surface area contributed by atoms with Crippen LogP contribution >= 0.6 is 0 Å². The highest BCUT2D eigenvalue weighted by molar-refractivity contribution is 5.75. The van der Waals surface area contributed by atoms with Crippen LogP contribution in [-0.4, -0.2) is 32.9 Å². The van der Waals surface area contributed by atoms with Gasteiger partial charge < -0.3 is 9.84 Å². The van der Waals surface area contributed by atoms with E-state index in [0.29, 0.717) is 24.8 Å². The molecular weight excluding hydrogens is 342 g/mol. The summed E-state index contributed by atoms with van der Waals surface area (Å²) in [5.74, 6) is 0.937. The van der Waals surface area contributed by atoms with Gasteiger partial charge in [-0.1, -0.05) is 19.8 Å². The quantitative estimate of drug-likeness (QED) is 0.832. The van der Waals surface area contributed by atoms with Crippen LogP contribution in [0.2, 0.25) is 0 Å². The van der Waals surface area contributed by atoms with Gasteiger partial charge >= 0.3 is 5.97 Å². The third kappa shape index (κ3) is 4.26. The highest BCUT2D eigenvalue weighted by atomic mass is 16.5. The summed E-state index contributed by atoms with van der Waals surface area (Å²) in [5, 5.41) is 17.3. The SMILES string of the molecule is CC1CCC(COc2cc(-c3ccnc([C@H]4C[C@@H]4C(=O)O)c3)cnn2)CC1. The highest BCUT2D eigenvalue weighted by Gasteiger charge is 2.45. The van der Waals surface area contributed by atoms with E-state index in [9.17, 15) is 4.79 Å². The van der Waals surface area contributed by atoms with E-state index < -0.39 is 5.97 Å². The first-order valence-corrected chi connectivity index (χ1v) is 9.75. The molecule has 2 aromatic heterocycles. The van der Waals surface area contributed by atoms with Crippen molar-refractivity contribution in [1.82, 2.24) is 15.2 Å². The molecule has 142 valence electrons. The van der Waals surface area contributed by atoms with E-state index >= 15 is 0 Å². The second kappa shape index (κ2) is 7.62. The minimum Gasteiger partial charge on any atom is -0.481 e. The Hall–Kier alpha value is -2.50. The standard InChI is InChI=1S/C21H25N3O3/c1-13-2-4-14(5-3-13)12-27-20-9-16(11-23-24-20)15-6-7-22-19(8-15)17-10-18(17)21(25)26/h6-9,11,13-14,17-18H,2-5,10,12H2,1H3,(H,25,26)/t13?,14?,17-,18-/m0/s1. The first-order valence-electron chi connectivity index (χ1n) is 9.75. The van der Waals surface area contributed by atoms with Gasteiger partial charge in [-0.3, -0.25) is 9.78 Å². The van der Waals surface area contributed by atoms with Gasteiger partial charge in [-0.15, -0.1) is 5.10 Å². The normalized spacial score (nSPS) is 27.1. The molecule has 2 atom stereocenters. The fourth-order valence-electron chi connectivity index (χ4n) is 3.90. The van der Waals surface area contributed by atoms with Crippen LogP contribution in [0.25, 0.3) is 11.1 Å². The second-order valence-corrected chi connectivity index (χ2v) is 7.98. The lowest BCUT2D eigenvalue weighted by Crippen LogP contribution is -2.19. The molecule has 0 radical (unpaired) electrons. The number of carboxylic acids is 1. The van der Waals surface area contributed by atoms with Crippen molar-refractivity contribution in [2.45, 2.75) is 44.9 Å². The van der Waals surface area contributed by atoms with E-state index in [1.54, 1.807) is 12.4 Å². The fourth-order valence-corrected chi connectivity index (χ4v) is 3.90. The molecule has 2 heterocycles. The maximum Gasteiger partial charge on any atom is 0.307 e. The van der Waals surface area contributed by atoms with Gasteiger partial charge in [0.25, 0.3) is 0 Å². The number of carbonyl (C=O) groups is 1. The maximum atomic E-state index is 11.1. The first-order chi connectivity index (χ1) is 13.1. The molecule has 2 aliphatic rings. The predicted molar refractivity (Wildman–Crippen MR) is 100 cm³/mol. The number of hydrogen-bond donors (Lipinski definition) is 1. The fraction of sp³-hybridized carbons (Fsp3) is 0.524. The maximum absolute atomic E-state index is 11.1. The zero-order chi connectivity index (χ0) is 18.8. The molecule has 0 spiro atoms. The summed E-state index contributed by atoms with van der Waals surface area (Å²) >= 11 is 0. The Kier molecular flexibility index (Phi) is 5.05. The van der Waals surface area contributed by atoms with Gasteiger partial charge in [0.15, 0.2) is 0 Å². The molecule has 1 N–H and O–H groups in total. The van der Waals surface area contributed by atoms with Crippen molar-refractivity contribution in [1.29, 1.82) is 0 Å². The lowest BCUT2D eigenvalue weighted by Gasteiger charge is -2.25. The van der Waals surface area contributed by atoms with Crippen molar-refractivity contribution < 1.29 is 14.6 Å². The van der Waals surface area contributed by atoms with Crippen molar-refractivity contribution in [3.63, 3.8) is 0 Å². The van der Waals surface area contributed by atoms with Crippen LogP contribution in [0.15, 0.2) is 30.6 Å². The van der Waals surface area contributed by atoms with Gasteiger partial charge in [-0.05, 0) is 48.8 Å². The summed E-state index contributed by atoms with van der Waals surface area (Å²) in [5.41, 5.74) is 2.70. The van der Waals surface area contributed by atoms with Crippen LogP contribution in [-0.2, 0) is 4.79 Å². The molecule has 2 fully saturated rings. The van der Waals surface area contributed by atoms with Crippen LogP contribution in [0.1, 0.15) is 50.6 Å². The lowest BCUT2D eigenvalue weighted by atomic mass is 9.83. The van der Waals surface area contributed by atoms with Gasteiger partial charge in [-0.25, -0.2) is 0 Å². The topological polar surface area (TPSA) is 85.2 Å². The van der Waals surface area contributed by atoms with Crippen molar-refractivity contribution in [2.24, 2.45) is 17.8 Å². The first kappa shape index (κ1) is 17.9. The molecule has 0 amide bonds. The zero-order valence-corrected chi connectivity index (χ0v) is 15.5. The number of aromatic nitrogens is 3. The molecule has 0 unspecified atom stereocenters. The third-order valence-corrected chi connectivity index (χ3v) is 5.84. The molecule has 0 aromatic carbocycles. The Balaban J connectivity index is 1.42. The highest BCUT2D eigenvalue weighted by Crippen LogP contribution is 2.47. The number of nitrogens with zero attached hydrogens (tertiary/aromatic N) is 3. The summed E-state index contributed by atoms with van der Waals surface area (Å²) in [4.78, 5) is 15.5. The molecule has 27 heavy (non-hydrogen) atoms. The summed E-state index contributed by atoms with van der Waals surface area (Å²) < 4.78 is 5.91. The van der Waals surface area contributed by atoms with E-state index in [4.69, 9.17) is 9.84 Å². The average molecular weight is 367 g/mol. The minimum atomic E-state index is -0.745. The summed E-state index contributed by atoms with van der Waals surface area (Å²) in [6.45, 7) is 3.00. The van der Waals surface area contributed by atoms with E-state index in [-0.39, 0.29) is 11.8 Å². The second-order valence-electron chi connectivity index (χ2n) is 7.98. The molecule has 0 bridgehead atoms. The lowest BCUT2D eigenvalue weighted by molar-refractivity contribution is -0.138. The molecule has 0 aliphatic heterocycles. The predicted octanol–water partition coefficient (Wildman–Crippen LogP) is 3.93. The number of carboxylic acid groups (broad SMARTS) is 1. The molecule has 6 heteroatoms. The van der Waals surface area contributed by atoms with Crippen LogP contribution in [0.3, 0.4) is 0 Å². The molecular formula is C21H25N3O3. The summed E-state index contributed by atoms with van der Waals surface area (Å²) in [6.07, 6.45) is 9.08. The average Bonchev–Trinajstić information content (AvgIpc) is 3.49. The molecule has 0 saturated heterocycles. The summed E-state index contributed by atoms with van der Waals surface area (Å²) in [7, 11) is 0. The molecule has 2 saturated carbocycles. The number of aliphatic carboxylic acids is 1. The molecule has 2 aliphatic carbocycles. The molecule has 6 nitrogen and oxygen atoms in total. The smallest absolute Gasteiger partial charge is 0.307 e. The number of hydrogen-bond acceptors (Lipinski definition) is 5. The van der Waals surface area contributed by atoms with Gasteiger partial charge in [0.1, 0.15) is 0 Å². The van der Waals surface area contributed by atoms with Gasteiger partial charge in [-0.2, -0.15) is 5.10 Å². The van der Waals surface area contributed by atoms with E-state index in [1.165, 1.54) is 25.7 Å². The van der Waals surface area contributed by atoms with Gasteiger partial charge in [0, 0.05) is 29.4 Å². The van der Waals surface area contributed by atoms with Crippen LogP contribution < -0.4 is 4.74 Å². The number of pyridine rings is 1. The van der Waals surface area contributed by atoms with Gasteiger partial charge in [0.2, 0.25) is 5.88 Å². The van der Waals surface area contributed by atoms with E-state index in [0.717, 1.165) is 22.7 Å². The minimum absolute atomic E-state index is 0.0154. The third-order valence-electron chi connectivity index (χ3n) is 5.84. The molecule has 2 aromatic rings. The Morgan fingerprint density at radius 3 is 2.78 bits per heavy atom. The largest absolute Gasteiger partial charge is 0.481 e. The van der Waals surface area contributed by atoms with Crippen molar-refractivity contribution in [3.8, 4) is 17.0 Å². The van der Waals surface area contributed by atoms with Crippen molar-refractivity contribution >= 4 is 5.97 Å². The Morgan fingerprint density at radius 2 is 2.04 bits per heavy atom. The Labute approximate surface area is 159 Å². The monoisotopic (exact) mass is 367 g/mol. The summed E-state index contributed by atoms with van der Waals surface area (Å²) in [6, 6.07) is 5.76. The number of ether oxygens (including phenoxy) is 1. The van der Waals surface area contributed by atoms with Crippen LogP contribution in [0.5, 0.6) is 5.88 Å². The van der Waals surface area contributed by atoms with Gasteiger partial charge in [0.05, 0.1) is 18.7 Å². The van der Waals surface area contributed by atoms with Crippen molar-refractivity contribution in [3.05, 3.63) is 36.3 Å².